The van der Waals surface area contributed by atoms with Crippen LogP contribution in [0, 0.1) is 17.6 Å². The van der Waals surface area contributed by atoms with Crippen LogP contribution in [0.25, 0.3) is 5.69 Å². The molecule has 6 heteroatoms. The van der Waals surface area contributed by atoms with Crippen LogP contribution in [0.5, 0.6) is 0 Å². The highest BCUT2D eigenvalue weighted by Crippen LogP contribution is 2.55. The van der Waals surface area contributed by atoms with Crippen LogP contribution in [0.1, 0.15) is 40.5 Å². The van der Waals surface area contributed by atoms with Crippen molar-refractivity contribution in [1.82, 2.24) is 9.78 Å². The van der Waals surface area contributed by atoms with Gasteiger partial charge in [-0.05, 0) is 37.3 Å². The number of hydrogen-bond donors (Lipinski definition) is 1. The second kappa shape index (κ2) is 4.13. The molecule has 1 fully saturated rings. The maximum Gasteiger partial charge on any atom is 0.356 e. The van der Waals surface area contributed by atoms with E-state index in [1.54, 1.807) is 0 Å². The van der Waals surface area contributed by atoms with Gasteiger partial charge in [0.1, 0.15) is 11.5 Å². The lowest BCUT2D eigenvalue weighted by atomic mass is 9.95. The Morgan fingerprint density at radius 2 is 2.19 bits per heavy atom. The molecule has 4 rings (SSSR count). The highest BCUT2D eigenvalue weighted by atomic mass is 19.1. The number of hydrogen-bond acceptors (Lipinski definition) is 2. The van der Waals surface area contributed by atoms with Gasteiger partial charge in [0.2, 0.25) is 0 Å². The number of fused-ring (bicyclic) bond motifs is 3. The molecule has 2 unspecified atom stereocenters. The summed E-state index contributed by atoms with van der Waals surface area (Å²) < 4.78 is 28.4. The molecular formula is C15H12F2N2O2. The highest BCUT2D eigenvalue weighted by Gasteiger charge is 2.46. The Kier molecular flexibility index (Phi) is 2.46. The Balaban J connectivity index is 1.95. The Bertz CT molecular complexity index is 769. The monoisotopic (exact) mass is 290 g/mol. The first-order chi connectivity index (χ1) is 10.1. The predicted molar refractivity (Wildman–Crippen MR) is 69.6 cm³/mol. The van der Waals surface area contributed by atoms with Crippen LogP contribution < -0.4 is 0 Å². The van der Waals surface area contributed by atoms with E-state index in [-0.39, 0.29) is 17.3 Å². The Morgan fingerprint density at radius 1 is 1.38 bits per heavy atom. The Labute approximate surface area is 119 Å². The van der Waals surface area contributed by atoms with Crippen molar-refractivity contribution in [1.29, 1.82) is 0 Å². The van der Waals surface area contributed by atoms with E-state index in [2.05, 4.69) is 5.10 Å². The molecule has 2 aliphatic rings. The van der Waals surface area contributed by atoms with Gasteiger partial charge in [-0.15, -0.1) is 0 Å². The predicted octanol–water partition coefficient (Wildman–Crippen LogP) is 2.90. The van der Waals surface area contributed by atoms with E-state index in [4.69, 9.17) is 0 Å². The number of carboxylic acid groups (broad SMARTS) is 1. The molecule has 0 spiro atoms. The molecule has 108 valence electrons. The molecule has 2 aliphatic carbocycles. The number of nitrogens with zero attached hydrogens (tertiary/aromatic N) is 2. The maximum absolute atomic E-state index is 14.0. The molecular weight excluding hydrogens is 278 g/mol. The number of halogens is 2. The number of carboxylic acids is 1. The van der Waals surface area contributed by atoms with E-state index >= 15 is 0 Å². The van der Waals surface area contributed by atoms with Crippen LogP contribution in [0.3, 0.4) is 0 Å². The standard InChI is InChI=1S/C15H12F2N2O2/c16-8-2-4-12(11(17)6-8)19-14-9(13(18-19)15(20)21)3-1-7-5-10(7)14/h2,4,6-7,10H,1,3,5H2,(H,20,21). The molecule has 1 saturated carbocycles. The van der Waals surface area contributed by atoms with Crippen molar-refractivity contribution < 1.29 is 18.7 Å². The number of benzene rings is 1. The number of aromatic carboxylic acids is 1. The third-order valence-corrected chi connectivity index (χ3v) is 4.40. The van der Waals surface area contributed by atoms with Gasteiger partial charge in [0, 0.05) is 17.5 Å². The zero-order valence-corrected chi connectivity index (χ0v) is 11.0. The molecule has 1 aromatic carbocycles. The minimum absolute atomic E-state index is 0.0147. The Hall–Kier alpha value is -2.24. The minimum Gasteiger partial charge on any atom is -0.476 e. The van der Waals surface area contributed by atoms with E-state index in [0.29, 0.717) is 17.9 Å². The summed E-state index contributed by atoms with van der Waals surface area (Å²) >= 11 is 0. The summed E-state index contributed by atoms with van der Waals surface area (Å²) in [5, 5.41) is 13.4. The topological polar surface area (TPSA) is 55.1 Å². The van der Waals surface area contributed by atoms with Crippen LogP contribution in [-0.2, 0) is 6.42 Å². The quantitative estimate of drug-likeness (QED) is 0.925. The molecule has 21 heavy (non-hydrogen) atoms. The van der Waals surface area contributed by atoms with Gasteiger partial charge < -0.3 is 5.11 Å². The van der Waals surface area contributed by atoms with Gasteiger partial charge in [-0.25, -0.2) is 18.3 Å². The summed E-state index contributed by atoms with van der Waals surface area (Å²) in [4.78, 5) is 11.3. The Morgan fingerprint density at radius 3 is 2.90 bits per heavy atom. The van der Waals surface area contributed by atoms with Crippen molar-refractivity contribution in [3.8, 4) is 5.69 Å². The summed E-state index contributed by atoms with van der Waals surface area (Å²) in [7, 11) is 0. The zero-order valence-electron chi connectivity index (χ0n) is 11.0. The third-order valence-electron chi connectivity index (χ3n) is 4.40. The summed E-state index contributed by atoms with van der Waals surface area (Å²) in [6, 6.07) is 3.24. The lowest BCUT2D eigenvalue weighted by molar-refractivity contribution is 0.0688. The van der Waals surface area contributed by atoms with Crippen LogP contribution in [0.2, 0.25) is 0 Å². The average molecular weight is 290 g/mol. The van der Waals surface area contributed by atoms with Crippen LogP contribution in [0.15, 0.2) is 18.2 Å². The van der Waals surface area contributed by atoms with Crippen molar-refractivity contribution in [3.05, 3.63) is 46.8 Å². The second-order valence-corrected chi connectivity index (χ2v) is 5.67. The molecule has 1 heterocycles. The van der Waals surface area contributed by atoms with Crippen molar-refractivity contribution >= 4 is 5.97 Å². The molecule has 0 saturated heterocycles. The van der Waals surface area contributed by atoms with Crippen molar-refractivity contribution in [2.45, 2.75) is 25.2 Å². The van der Waals surface area contributed by atoms with Crippen LogP contribution in [0.4, 0.5) is 8.78 Å². The first-order valence-electron chi connectivity index (χ1n) is 6.86. The molecule has 1 N–H and O–H groups in total. The van der Waals surface area contributed by atoms with Gasteiger partial charge in [-0.1, -0.05) is 0 Å². The van der Waals surface area contributed by atoms with Crippen LogP contribution >= 0.6 is 0 Å². The normalized spacial score (nSPS) is 22.6. The number of carbonyl (C=O) groups is 1. The van der Waals surface area contributed by atoms with Gasteiger partial charge in [-0.3, -0.25) is 0 Å². The van der Waals surface area contributed by atoms with E-state index in [9.17, 15) is 18.7 Å². The summed E-state index contributed by atoms with van der Waals surface area (Å²) in [6.45, 7) is 0. The van der Waals surface area contributed by atoms with E-state index < -0.39 is 17.6 Å². The molecule has 2 aromatic rings. The van der Waals surface area contributed by atoms with Crippen LogP contribution in [-0.4, -0.2) is 20.9 Å². The number of rotatable bonds is 2. The molecule has 4 nitrogen and oxygen atoms in total. The molecule has 2 atom stereocenters. The van der Waals surface area contributed by atoms with Gasteiger partial charge in [0.15, 0.2) is 11.5 Å². The molecule has 1 aromatic heterocycles. The van der Waals surface area contributed by atoms with Gasteiger partial charge in [0.25, 0.3) is 0 Å². The summed E-state index contributed by atoms with van der Waals surface area (Å²) in [5.41, 5.74) is 1.57. The fraction of sp³-hybridized carbons (Fsp3) is 0.333. The first kappa shape index (κ1) is 12.5. The number of aromatic nitrogens is 2. The molecule has 0 bridgehead atoms. The van der Waals surface area contributed by atoms with Crippen molar-refractivity contribution in [3.63, 3.8) is 0 Å². The lowest BCUT2D eigenvalue weighted by Gasteiger charge is -2.14. The zero-order chi connectivity index (χ0) is 14.7. The van der Waals surface area contributed by atoms with E-state index in [1.165, 1.54) is 10.7 Å². The van der Waals surface area contributed by atoms with Gasteiger partial charge in [-0.2, -0.15) is 5.10 Å². The fourth-order valence-electron chi connectivity index (χ4n) is 3.33. The highest BCUT2D eigenvalue weighted by molar-refractivity contribution is 5.88. The van der Waals surface area contributed by atoms with Crippen molar-refractivity contribution in [2.24, 2.45) is 5.92 Å². The third kappa shape index (κ3) is 1.78. The second-order valence-electron chi connectivity index (χ2n) is 5.67. The lowest BCUT2D eigenvalue weighted by Crippen LogP contribution is -2.08. The van der Waals surface area contributed by atoms with E-state index in [1.807, 2.05) is 0 Å². The molecule has 0 aliphatic heterocycles. The fourth-order valence-corrected chi connectivity index (χ4v) is 3.33. The summed E-state index contributed by atoms with van der Waals surface area (Å²) in [6.07, 6.45) is 2.59. The van der Waals surface area contributed by atoms with Gasteiger partial charge >= 0.3 is 5.97 Å². The molecule has 0 radical (unpaired) electrons. The first-order valence-corrected chi connectivity index (χ1v) is 6.86. The van der Waals surface area contributed by atoms with Gasteiger partial charge in [0.05, 0.1) is 5.69 Å². The summed E-state index contributed by atoms with van der Waals surface area (Å²) in [5.74, 6) is -1.72. The maximum atomic E-state index is 14.0. The molecule has 0 amide bonds. The minimum atomic E-state index is -1.10. The smallest absolute Gasteiger partial charge is 0.356 e. The largest absolute Gasteiger partial charge is 0.476 e. The van der Waals surface area contributed by atoms with E-state index in [0.717, 1.165) is 30.7 Å². The van der Waals surface area contributed by atoms with Crippen molar-refractivity contribution in [2.75, 3.05) is 0 Å². The average Bonchev–Trinajstić information content (AvgIpc) is 3.12. The SMILES string of the molecule is O=C(O)c1nn(-c2ccc(F)cc2F)c2c1CCC1CC21.